The zero-order valence-corrected chi connectivity index (χ0v) is 18.2. The van der Waals surface area contributed by atoms with Gasteiger partial charge in [-0.25, -0.2) is 19.3 Å². The van der Waals surface area contributed by atoms with Crippen LogP contribution in [0.2, 0.25) is 0 Å². The maximum Gasteiger partial charge on any atom is 0.183 e. The molecule has 1 saturated carbocycles. The van der Waals surface area contributed by atoms with E-state index in [1.807, 2.05) is 23.3 Å². The van der Waals surface area contributed by atoms with Gasteiger partial charge in [0, 0.05) is 59.7 Å². The van der Waals surface area contributed by atoms with Crippen LogP contribution in [0.15, 0.2) is 24.7 Å². The monoisotopic (exact) mass is 497 g/mol. The average Bonchev–Trinajstić information content (AvgIpc) is 3.01. The van der Waals surface area contributed by atoms with Gasteiger partial charge in [0.1, 0.15) is 0 Å². The van der Waals surface area contributed by atoms with Gasteiger partial charge >= 0.3 is 0 Å². The molecule has 0 bridgehead atoms. The predicted molar refractivity (Wildman–Crippen MR) is 118 cm³/mol. The molecule has 8 heteroatoms. The van der Waals surface area contributed by atoms with Crippen molar-refractivity contribution >= 4 is 47.2 Å². The number of aryl methyl sites for hydroxylation is 1. The van der Waals surface area contributed by atoms with Crippen LogP contribution in [-0.4, -0.2) is 25.0 Å². The van der Waals surface area contributed by atoms with Gasteiger partial charge in [-0.3, -0.25) is 3.97 Å². The molecule has 3 aromatic heterocycles. The minimum Gasteiger partial charge on any atom is -0.365 e. The average molecular weight is 497 g/mol. The van der Waals surface area contributed by atoms with E-state index in [2.05, 4.69) is 54.5 Å². The van der Waals surface area contributed by atoms with Gasteiger partial charge in [-0.15, -0.1) is 0 Å². The molecule has 1 N–H and O–H groups in total. The Morgan fingerprint density at radius 1 is 1.30 bits per heavy atom. The summed E-state index contributed by atoms with van der Waals surface area (Å²) in [4.78, 5) is 13.3. The lowest BCUT2D eigenvalue weighted by molar-refractivity contribution is 0.357. The van der Waals surface area contributed by atoms with Crippen LogP contribution in [0.5, 0.6) is 0 Å². The first-order chi connectivity index (χ1) is 13.0. The lowest BCUT2D eigenvalue weighted by atomic mass is 9.87. The molecule has 3 heterocycles. The quantitative estimate of drug-likeness (QED) is 0.464. The van der Waals surface area contributed by atoms with Crippen molar-refractivity contribution in [2.45, 2.75) is 45.6 Å². The number of nitrogens with zero attached hydrogens (tertiary/aromatic N) is 4. The highest BCUT2D eigenvalue weighted by Crippen LogP contribution is 2.33. The Balaban J connectivity index is 1.72. The Hall–Kier alpha value is -1.42. The lowest BCUT2D eigenvalue weighted by Gasteiger charge is -2.28. The number of nitrogens with one attached hydrogen (secondary N) is 1. The van der Waals surface area contributed by atoms with E-state index in [0.717, 1.165) is 35.0 Å². The van der Waals surface area contributed by atoms with Crippen molar-refractivity contribution in [2.75, 3.05) is 5.32 Å². The topological polar surface area (TPSA) is 55.6 Å². The largest absolute Gasteiger partial charge is 0.365 e. The van der Waals surface area contributed by atoms with E-state index in [0.29, 0.717) is 17.6 Å². The molecule has 3 aromatic rings. The van der Waals surface area contributed by atoms with E-state index >= 15 is 0 Å². The third-order valence-electron chi connectivity index (χ3n) is 5.09. The van der Waals surface area contributed by atoms with Gasteiger partial charge in [-0.2, -0.15) is 0 Å². The van der Waals surface area contributed by atoms with Gasteiger partial charge in [0.25, 0.3) is 0 Å². The second kappa shape index (κ2) is 7.90. The Bertz CT molecular complexity index is 976. The molecular weight excluding hydrogens is 476 g/mol. The van der Waals surface area contributed by atoms with Gasteiger partial charge in [-0.05, 0) is 37.3 Å². The summed E-state index contributed by atoms with van der Waals surface area (Å²) < 4.78 is 16.4. The third kappa shape index (κ3) is 3.91. The molecule has 1 aliphatic carbocycles. The molecule has 2 atom stereocenters. The van der Waals surface area contributed by atoms with Crippen LogP contribution in [0.3, 0.4) is 0 Å². The van der Waals surface area contributed by atoms with Crippen molar-refractivity contribution in [2.24, 2.45) is 5.92 Å². The molecule has 27 heavy (non-hydrogen) atoms. The van der Waals surface area contributed by atoms with E-state index in [9.17, 15) is 4.39 Å². The van der Waals surface area contributed by atoms with Crippen molar-refractivity contribution in [3.63, 3.8) is 0 Å². The highest BCUT2D eigenvalue weighted by atomic mass is 127. The fraction of sp³-hybridized carbons (Fsp3) is 0.421. The highest BCUT2D eigenvalue weighted by Gasteiger charge is 2.21. The van der Waals surface area contributed by atoms with Gasteiger partial charge in [0.2, 0.25) is 0 Å². The van der Waals surface area contributed by atoms with Crippen LogP contribution in [0.4, 0.5) is 10.2 Å². The summed E-state index contributed by atoms with van der Waals surface area (Å²) in [5.41, 5.74) is 2.79. The smallest absolute Gasteiger partial charge is 0.183 e. The number of hydrogen-bond acceptors (Lipinski definition) is 5. The van der Waals surface area contributed by atoms with E-state index < -0.39 is 5.82 Å². The zero-order chi connectivity index (χ0) is 19.0. The minimum absolute atomic E-state index is 0.265. The molecule has 0 aromatic carbocycles. The number of aromatic nitrogens is 4. The molecule has 1 aliphatic rings. The van der Waals surface area contributed by atoms with Gasteiger partial charge in [0.15, 0.2) is 23.1 Å². The van der Waals surface area contributed by atoms with E-state index in [4.69, 9.17) is 0 Å². The molecule has 0 radical (unpaired) electrons. The van der Waals surface area contributed by atoms with Gasteiger partial charge in [0.05, 0.1) is 6.20 Å². The summed E-state index contributed by atoms with van der Waals surface area (Å²) in [7, 11) is 1.53. The predicted octanol–water partition coefficient (Wildman–Crippen LogP) is 5.78. The summed E-state index contributed by atoms with van der Waals surface area (Å²) >= 11 is 2.22. The number of rotatable bonds is 4. The molecule has 5 nitrogen and oxygen atoms in total. The highest BCUT2D eigenvalue weighted by molar-refractivity contribution is 14.2. The summed E-state index contributed by atoms with van der Waals surface area (Å²) in [5.74, 6) is 1.07. The Kier molecular flexibility index (Phi) is 5.54. The molecule has 142 valence electrons. The normalized spacial score (nSPS) is 20.1. The molecule has 0 amide bonds. The molecule has 0 spiro atoms. The summed E-state index contributed by atoms with van der Waals surface area (Å²) in [5, 5.41) is 4.29. The zero-order valence-electron chi connectivity index (χ0n) is 15.2. The van der Waals surface area contributed by atoms with Crippen LogP contribution < -0.4 is 5.32 Å². The minimum atomic E-state index is -0.404. The van der Waals surface area contributed by atoms with Gasteiger partial charge < -0.3 is 5.32 Å². The summed E-state index contributed by atoms with van der Waals surface area (Å²) in [6.07, 6.45) is 9.59. The van der Waals surface area contributed by atoms with Crippen molar-refractivity contribution in [1.82, 2.24) is 18.9 Å². The van der Waals surface area contributed by atoms with E-state index in [1.165, 1.54) is 28.2 Å². The summed E-state index contributed by atoms with van der Waals surface area (Å²) in [6, 6.07) is 2.34. The molecule has 2 unspecified atom stereocenters. The van der Waals surface area contributed by atoms with Crippen molar-refractivity contribution in [3.8, 4) is 11.4 Å². The number of hydrogen-bond donors (Lipinski definition) is 1. The fourth-order valence-electron chi connectivity index (χ4n) is 3.77. The van der Waals surface area contributed by atoms with Crippen molar-refractivity contribution in [1.29, 1.82) is 0 Å². The number of pyridine rings is 1. The maximum atomic E-state index is 14.4. The first-order valence-electron chi connectivity index (χ1n) is 9.11. The molecule has 0 aliphatic heterocycles. The van der Waals surface area contributed by atoms with Crippen LogP contribution in [0, 0.1) is 18.7 Å². The molecule has 0 saturated heterocycles. The van der Waals surface area contributed by atoms with Crippen molar-refractivity contribution < 1.29 is 4.39 Å². The first-order valence-corrected chi connectivity index (χ1v) is 12.4. The van der Waals surface area contributed by atoms with Gasteiger partial charge in [-0.1, -0.05) is 19.8 Å². The molecular formula is C19H21FIN5S. The maximum absolute atomic E-state index is 14.4. The molecule has 1 fully saturated rings. The fourth-order valence-corrected chi connectivity index (χ4v) is 5.03. The lowest BCUT2D eigenvalue weighted by Crippen LogP contribution is -2.27. The van der Waals surface area contributed by atoms with Crippen LogP contribution in [0.25, 0.3) is 22.4 Å². The second-order valence-corrected chi connectivity index (χ2v) is 9.04. The van der Waals surface area contributed by atoms with Crippen molar-refractivity contribution in [3.05, 3.63) is 36.0 Å². The number of halogens is 2. The summed E-state index contributed by atoms with van der Waals surface area (Å²) in [6.45, 7) is 4.26. The SMILES string of the molecule is Cc1cnc2c(c1)c(-c1ncc(F)c(NC3CCCC(C)C3)n1)cn2SI. The number of anilines is 1. The van der Waals surface area contributed by atoms with Crippen LogP contribution >= 0.6 is 30.3 Å². The van der Waals surface area contributed by atoms with Crippen LogP contribution in [-0.2, 0) is 0 Å². The van der Waals surface area contributed by atoms with E-state index in [-0.39, 0.29) is 6.04 Å². The van der Waals surface area contributed by atoms with Crippen LogP contribution in [0.1, 0.15) is 38.2 Å². The first kappa shape index (κ1) is 18.9. The Morgan fingerprint density at radius 3 is 2.93 bits per heavy atom. The standard InChI is InChI=1S/C19H21FIN5S/c1-11-4-3-5-13(6-11)24-18-16(20)9-22-17(25-18)15-10-26(27-21)19-14(15)7-12(2)8-23-19/h7-11,13H,3-6H2,1-2H3,(H,22,24,25). The number of fused-ring (bicyclic) bond motifs is 1. The third-order valence-corrected chi connectivity index (χ3v) is 6.79. The van der Waals surface area contributed by atoms with E-state index in [1.54, 1.807) is 0 Å². The molecule has 4 rings (SSSR count). The Morgan fingerprint density at radius 2 is 2.15 bits per heavy atom. The second-order valence-electron chi connectivity index (χ2n) is 7.32. The Labute approximate surface area is 174 Å².